The molecular formula is C19H16BrN3O2. The average Bonchev–Trinajstić information content (AvgIpc) is 2.60. The summed E-state index contributed by atoms with van der Waals surface area (Å²) in [6.07, 6.45) is 0. The number of rotatable bonds is 4. The van der Waals surface area contributed by atoms with Crippen LogP contribution >= 0.6 is 15.9 Å². The molecule has 1 heterocycles. The molecular weight excluding hydrogens is 382 g/mol. The van der Waals surface area contributed by atoms with Crippen molar-refractivity contribution in [2.45, 2.75) is 13.5 Å². The number of nitrogens with zero attached hydrogens (tertiary/aromatic N) is 2. The van der Waals surface area contributed by atoms with Crippen LogP contribution in [0.15, 0.2) is 69.9 Å². The molecule has 1 amide bonds. The zero-order valence-corrected chi connectivity index (χ0v) is 15.2. The summed E-state index contributed by atoms with van der Waals surface area (Å²) >= 11 is 3.43. The fourth-order valence-corrected chi connectivity index (χ4v) is 2.94. The number of halogens is 1. The van der Waals surface area contributed by atoms with E-state index in [1.807, 2.05) is 55.5 Å². The molecule has 1 aromatic heterocycles. The third-order valence-electron chi connectivity index (χ3n) is 3.65. The van der Waals surface area contributed by atoms with Crippen LogP contribution < -0.4 is 10.9 Å². The number of carbonyl (C=O) groups excluding carboxylic acids is 1. The minimum atomic E-state index is -0.369. The van der Waals surface area contributed by atoms with Crippen molar-refractivity contribution < 1.29 is 4.79 Å². The second-order valence-electron chi connectivity index (χ2n) is 5.64. The summed E-state index contributed by atoms with van der Waals surface area (Å²) in [5.74, 6) is -0.369. The maximum Gasteiger partial charge on any atom is 0.276 e. The van der Waals surface area contributed by atoms with Gasteiger partial charge in [0.15, 0.2) is 0 Å². The van der Waals surface area contributed by atoms with Crippen molar-refractivity contribution in [3.05, 3.63) is 92.3 Å². The topological polar surface area (TPSA) is 64.0 Å². The summed E-state index contributed by atoms with van der Waals surface area (Å²) in [5, 5.41) is 6.99. The summed E-state index contributed by atoms with van der Waals surface area (Å²) in [6.45, 7) is 2.28. The largest absolute Gasteiger partial charge is 0.320 e. The number of aryl methyl sites for hydroxylation is 1. The Labute approximate surface area is 153 Å². The predicted octanol–water partition coefficient (Wildman–Crippen LogP) is 3.61. The van der Waals surface area contributed by atoms with E-state index >= 15 is 0 Å². The number of amides is 1. The molecule has 3 rings (SSSR count). The number of carbonyl (C=O) groups is 1. The van der Waals surface area contributed by atoms with Gasteiger partial charge < -0.3 is 5.32 Å². The van der Waals surface area contributed by atoms with Crippen molar-refractivity contribution in [1.29, 1.82) is 0 Å². The van der Waals surface area contributed by atoms with Crippen molar-refractivity contribution in [3.8, 4) is 0 Å². The third kappa shape index (κ3) is 4.22. The summed E-state index contributed by atoms with van der Waals surface area (Å²) in [7, 11) is 0. The average molecular weight is 398 g/mol. The Balaban J connectivity index is 1.83. The summed E-state index contributed by atoms with van der Waals surface area (Å²) < 4.78 is 2.08. The number of nitrogens with one attached hydrogen (secondary N) is 1. The molecule has 6 heteroatoms. The molecule has 0 saturated carbocycles. The molecule has 25 heavy (non-hydrogen) atoms. The molecule has 0 saturated heterocycles. The Morgan fingerprint density at radius 1 is 1.12 bits per heavy atom. The lowest BCUT2D eigenvalue weighted by Crippen LogP contribution is -2.26. The fourth-order valence-electron chi connectivity index (χ4n) is 2.35. The maximum atomic E-state index is 12.5. The van der Waals surface area contributed by atoms with Crippen LogP contribution in [0.2, 0.25) is 0 Å². The van der Waals surface area contributed by atoms with E-state index in [-0.39, 0.29) is 17.2 Å². The first-order valence-corrected chi connectivity index (χ1v) is 8.52. The number of aromatic nitrogens is 2. The van der Waals surface area contributed by atoms with E-state index in [4.69, 9.17) is 0 Å². The molecule has 0 spiro atoms. The third-order valence-corrected chi connectivity index (χ3v) is 4.30. The van der Waals surface area contributed by atoms with Gasteiger partial charge in [-0.3, -0.25) is 9.59 Å². The highest BCUT2D eigenvalue weighted by Gasteiger charge is 2.12. The molecule has 0 aliphatic carbocycles. The summed E-state index contributed by atoms with van der Waals surface area (Å²) in [4.78, 5) is 24.5. The van der Waals surface area contributed by atoms with E-state index in [2.05, 4.69) is 26.3 Å². The molecule has 0 bridgehead atoms. The number of anilines is 1. The Bertz CT molecular complexity index is 968. The highest BCUT2D eigenvalue weighted by molar-refractivity contribution is 9.10. The van der Waals surface area contributed by atoms with Gasteiger partial charge in [0.25, 0.3) is 11.5 Å². The van der Waals surface area contributed by atoms with Gasteiger partial charge in [-0.1, -0.05) is 36.4 Å². The lowest BCUT2D eigenvalue weighted by molar-refractivity contribution is 0.102. The molecule has 3 aromatic rings. The van der Waals surface area contributed by atoms with Gasteiger partial charge in [0, 0.05) is 10.5 Å². The van der Waals surface area contributed by atoms with Crippen LogP contribution in [0.1, 0.15) is 21.6 Å². The van der Waals surface area contributed by atoms with Crippen molar-refractivity contribution in [3.63, 3.8) is 0 Å². The van der Waals surface area contributed by atoms with Gasteiger partial charge in [-0.15, -0.1) is 0 Å². The van der Waals surface area contributed by atoms with Crippen LogP contribution in [0.4, 0.5) is 5.69 Å². The molecule has 0 aliphatic heterocycles. The molecule has 126 valence electrons. The van der Waals surface area contributed by atoms with Crippen molar-refractivity contribution >= 4 is 27.5 Å². The Morgan fingerprint density at radius 3 is 2.60 bits per heavy atom. The predicted molar refractivity (Wildman–Crippen MR) is 101 cm³/mol. The SMILES string of the molecule is Cc1ccc(NC(=O)c2ccc(=O)n(Cc3ccccc3)n2)c(Br)c1. The molecule has 1 N–H and O–H groups in total. The number of benzene rings is 2. The van der Waals surface area contributed by atoms with Gasteiger partial charge in [-0.05, 0) is 52.2 Å². The molecule has 0 radical (unpaired) electrons. The second-order valence-corrected chi connectivity index (χ2v) is 6.49. The van der Waals surface area contributed by atoms with Crippen LogP contribution in [-0.4, -0.2) is 15.7 Å². The van der Waals surface area contributed by atoms with E-state index in [0.29, 0.717) is 12.2 Å². The fraction of sp³-hybridized carbons (Fsp3) is 0.105. The minimum absolute atomic E-state index is 0.183. The van der Waals surface area contributed by atoms with Gasteiger partial charge >= 0.3 is 0 Å². The van der Waals surface area contributed by atoms with Crippen LogP contribution in [0, 0.1) is 6.92 Å². The second kappa shape index (κ2) is 7.44. The Morgan fingerprint density at radius 2 is 1.88 bits per heavy atom. The molecule has 0 unspecified atom stereocenters. The first-order valence-electron chi connectivity index (χ1n) is 7.72. The smallest absolute Gasteiger partial charge is 0.276 e. The Hall–Kier alpha value is -2.73. The maximum absolute atomic E-state index is 12.5. The summed E-state index contributed by atoms with van der Waals surface area (Å²) in [6, 6.07) is 17.9. The van der Waals surface area contributed by atoms with Gasteiger partial charge in [-0.2, -0.15) is 5.10 Å². The minimum Gasteiger partial charge on any atom is -0.320 e. The quantitative estimate of drug-likeness (QED) is 0.730. The zero-order chi connectivity index (χ0) is 17.8. The lowest BCUT2D eigenvalue weighted by Gasteiger charge is -2.09. The summed E-state index contributed by atoms with van der Waals surface area (Å²) in [5.41, 5.74) is 2.61. The lowest BCUT2D eigenvalue weighted by atomic mass is 10.2. The van der Waals surface area contributed by atoms with Crippen molar-refractivity contribution in [2.75, 3.05) is 5.32 Å². The van der Waals surface area contributed by atoms with Crippen LogP contribution in [0.25, 0.3) is 0 Å². The van der Waals surface area contributed by atoms with E-state index in [1.54, 1.807) is 0 Å². The first kappa shape index (κ1) is 17.1. The number of hydrogen-bond acceptors (Lipinski definition) is 3. The van der Waals surface area contributed by atoms with Crippen LogP contribution in [-0.2, 0) is 6.54 Å². The number of hydrogen-bond donors (Lipinski definition) is 1. The molecule has 0 atom stereocenters. The van der Waals surface area contributed by atoms with Crippen LogP contribution in [0.3, 0.4) is 0 Å². The highest BCUT2D eigenvalue weighted by atomic mass is 79.9. The van der Waals surface area contributed by atoms with E-state index in [9.17, 15) is 9.59 Å². The van der Waals surface area contributed by atoms with E-state index in [0.717, 1.165) is 15.6 Å². The van der Waals surface area contributed by atoms with Gasteiger partial charge in [0.1, 0.15) is 5.69 Å². The van der Waals surface area contributed by atoms with E-state index in [1.165, 1.54) is 16.8 Å². The molecule has 0 aliphatic rings. The Kier molecular flexibility index (Phi) is 5.09. The molecule has 0 fully saturated rings. The van der Waals surface area contributed by atoms with Crippen molar-refractivity contribution in [2.24, 2.45) is 0 Å². The standard InChI is InChI=1S/C19H16BrN3O2/c1-13-7-8-16(15(20)11-13)21-19(25)17-9-10-18(24)23(22-17)12-14-5-3-2-4-6-14/h2-11H,12H2,1H3,(H,21,25). The molecule has 5 nitrogen and oxygen atoms in total. The van der Waals surface area contributed by atoms with Gasteiger partial charge in [0.2, 0.25) is 0 Å². The highest BCUT2D eigenvalue weighted by Crippen LogP contribution is 2.23. The molecule has 2 aromatic carbocycles. The first-order chi connectivity index (χ1) is 12.0. The van der Waals surface area contributed by atoms with Crippen LogP contribution in [0.5, 0.6) is 0 Å². The van der Waals surface area contributed by atoms with Gasteiger partial charge in [-0.25, -0.2) is 4.68 Å². The van der Waals surface area contributed by atoms with Crippen molar-refractivity contribution in [1.82, 2.24) is 9.78 Å². The normalized spacial score (nSPS) is 10.5. The monoisotopic (exact) mass is 397 g/mol. The van der Waals surface area contributed by atoms with Gasteiger partial charge in [0.05, 0.1) is 12.2 Å². The zero-order valence-electron chi connectivity index (χ0n) is 13.6. The van der Waals surface area contributed by atoms with E-state index < -0.39 is 0 Å².